The minimum atomic E-state index is -1.75. The van der Waals surface area contributed by atoms with Crippen LogP contribution in [0.15, 0.2) is 48.5 Å². The van der Waals surface area contributed by atoms with Gasteiger partial charge in [0.2, 0.25) is 5.60 Å². The van der Waals surface area contributed by atoms with E-state index < -0.39 is 17.2 Å². The van der Waals surface area contributed by atoms with E-state index in [2.05, 4.69) is 5.32 Å². The van der Waals surface area contributed by atoms with Crippen molar-refractivity contribution in [3.8, 4) is 11.1 Å². The van der Waals surface area contributed by atoms with E-state index in [0.29, 0.717) is 11.1 Å². The van der Waals surface area contributed by atoms with Gasteiger partial charge in [0.05, 0.1) is 0 Å². The molecule has 1 heterocycles. The monoisotopic (exact) mass is 351 g/mol. The third kappa shape index (κ3) is 2.56. The van der Waals surface area contributed by atoms with Crippen molar-refractivity contribution in [3.63, 3.8) is 0 Å². The number of carbonyl (C=O) groups excluding carboxylic acids is 1. The molecule has 0 aromatic heterocycles. The largest absolute Gasteiger partial charge is 0.457 e. The van der Waals surface area contributed by atoms with E-state index in [1.165, 1.54) is 0 Å². The molecule has 1 fully saturated rings. The van der Waals surface area contributed by atoms with Gasteiger partial charge >= 0.3 is 5.97 Å². The van der Waals surface area contributed by atoms with Crippen molar-refractivity contribution in [2.45, 2.75) is 37.9 Å². The van der Waals surface area contributed by atoms with E-state index >= 15 is 0 Å². The van der Waals surface area contributed by atoms with Crippen molar-refractivity contribution in [1.29, 1.82) is 0 Å². The van der Waals surface area contributed by atoms with Crippen molar-refractivity contribution in [2.24, 2.45) is 5.92 Å². The van der Waals surface area contributed by atoms with Gasteiger partial charge in [-0.25, -0.2) is 4.79 Å². The third-order valence-electron chi connectivity index (χ3n) is 5.90. The van der Waals surface area contributed by atoms with Gasteiger partial charge in [0.1, 0.15) is 5.60 Å². The highest BCUT2D eigenvalue weighted by molar-refractivity contribution is 5.96. The number of esters is 1. The Labute approximate surface area is 154 Å². The first kappa shape index (κ1) is 17.3. The zero-order valence-electron chi connectivity index (χ0n) is 15.3. The van der Waals surface area contributed by atoms with Crippen LogP contribution in [-0.2, 0) is 15.1 Å². The van der Waals surface area contributed by atoms with Gasteiger partial charge in [0, 0.05) is 17.0 Å². The number of piperidine rings is 1. The Balaban J connectivity index is 1.71. The molecular formula is C22H25NO3. The number of fused-ring (bicyclic) bond motifs is 3. The molecule has 136 valence electrons. The van der Waals surface area contributed by atoms with Crippen molar-refractivity contribution in [1.82, 2.24) is 5.32 Å². The van der Waals surface area contributed by atoms with Crippen LogP contribution in [0.5, 0.6) is 0 Å². The zero-order chi connectivity index (χ0) is 18.4. The molecule has 4 nitrogen and oxygen atoms in total. The summed E-state index contributed by atoms with van der Waals surface area (Å²) in [6.07, 6.45) is 1.93. The summed E-state index contributed by atoms with van der Waals surface area (Å²) in [5.41, 5.74) is 0.614. The molecule has 2 aromatic rings. The maximum atomic E-state index is 13.3. The van der Waals surface area contributed by atoms with Crippen LogP contribution in [0.2, 0.25) is 0 Å². The first-order chi connectivity index (χ1) is 12.4. The molecule has 2 aromatic carbocycles. The normalized spacial score (nSPS) is 18.9. The van der Waals surface area contributed by atoms with Crippen LogP contribution < -0.4 is 5.32 Å². The van der Waals surface area contributed by atoms with Gasteiger partial charge in [0.25, 0.3) is 0 Å². The van der Waals surface area contributed by atoms with Crippen LogP contribution in [0.3, 0.4) is 0 Å². The molecule has 0 unspecified atom stereocenters. The highest BCUT2D eigenvalue weighted by atomic mass is 16.6. The number of aliphatic hydroxyl groups is 1. The summed E-state index contributed by atoms with van der Waals surface area (Å²) in [5, 5.41) is 14.9. The summed E-state index contributed by atoms with van der Waals surface area (Å²) in [4.78, 5) is 13.3. The quantitative estimate of drug-likeness (QED) is 0.834. The van der Waals surface area contributed by atoms with Gasteiger partial charge in [-0.1, -0.05) is 48.5 Å². The molecular weight excluding hydrogens is 326 g/mol. The predicted molar refractivity (Wildman–Crippen MR) is 101 cm³/mol. The minimum Gasteiger partial charge on any atom is -0.457 e. The fraction of sp³-hybridized carbons (Fsp3) is 0.409. The number of rotatable bonds is 3. The van der Waals surface area contributed by atoms with E-state index in [-0.39, 0.29) is 5.92 Å². The maximum Gasteiger partial charge on any atom is 0.348 e. The van der Waals surface area contributed by atoms with Gasteiger partial charge in [-0.3, -0.25) is 0 Å². The van der Waals surface area contributed by atoms with Gasteiger partial charge in [-0.05, 0) is 50.9 Å². The lowest BCUT2D eigenvalue weighted by Gasteiger charge is -2.38. The van der Waals surface area contributed by atoms with Crippen LogP contribution in [0.25, 0.3) is 11.1 Å². The Hall–Kier alpha value is -2.17. The molecule has 0 bridgehead atoms. The molecule has 1 aliphatic carbocycles. The highest BCUT2D eigenvalue weighted by Gasteiger charge is 2.51. The predicted octanol–water partition coefficient (Wildman–Crippen LogP) is 3.22. The summed E-state index contributed by atoms with van der Waals surface area (Å²) in [6.45, 7) is 5.77. The second kappa shape index (κ2) is 6.22. The number of hydrogen-bond acceptors (Lipinski definition) is 4. The van der Waals surface area contributed by atoms with Crippen LogP contribution in [0, 0.1) is 5.92 Å². The fourth-order valence-electron chi connectivity index (χ4n) is 4.35. The summed E-state index contributed by atoms with van der Waals surface area (Å²) in [6, 6.07) is 15.1. The Kier molecular flexibility index (Phi) is 4.13. The van der Waals surface area contributed by atoms with Gasteiger partial charge in [0.15, 0.2) is 0 Å². The summed E-state index contributed by atoms with van der Waals surface area (Å²) < 4.78 is 5.96. The lowest BCUT2D eigenvalue weighted by Crippen LogP contribution is -2.47. The van der Waals surface area contributed by atoms with Crippen molar-refractivity contribution >= 4 is 5.97 Å². The number of carbonyl (C=O) groups is 1. The molecule has 4 heteroatoms. The Morgan fingerprint density at radius 3 is 2.08 bits per heavy atom. The molecule has 26 heavy (non-hydrogen) atoms. The lowest BCUT2D eigenvalue weighted by molar-refractivity contribution is -0.181. The van der Waals surface area contributed by atoms with Crippen molar-refractivity contribution in [2.75, 3.05) is 13.1 Å². The number of nitrogens with one attached hydrogen (secondary N) is 1. The molecule has 0 radical (unpaired) electrons. The molecule has 4 rings (SSSR count). The average molecular weight is 351 g/mol. The average Bonchev–Trinajstić information content (AvgIpc) is 2.93. The van der Waals surface area contributed by atoms with Crippen LogP contribution in [0.1, 0.15) is 37.8 Å². The van der Waals surface area contributed by atoms with E-state index in [1.807, 2.05) is 62.4 Å². The Bertz CT molecular complexity index is 791. The topological polar surface area (TPSA) is 58.6 Å². The summed E-state index contributed by atoms with van der Waals surface area (Å²) >= 11 is 0. The first-order valence-electron chi connectivity index (χ1n) is 9.30. The smallest absolute Gasteiger partial charge is 0.348 e. The Morgan fingerprint density at radius 1 is 1.04 bits per heavy atom. The molecule has 2 N–H and O–H groups in total. The molecule has 0 amide bonds. The van der Waals surface area contributed by atoms with Gasteiger partial charge in [-0.15, -0.1) is 0 Å². The zero-order valence-corrected chi connectivity index (χ0v) is 15.3. The van der Waals surface area contributed by atoms with E-state index in [1.54, 1.807) is 0 Å². The first-order valence-corrected chi connectivity index (χ1v) is 9.30. The second-order valence-corrected chi connectivity index (χ2v) is 7.82. The minimum absolute atomic E-state index is 0.281. The number of benzene rings is 2. The molecule has 0 saturated carbocycles. The van der Waals surface area contributed by atoms with Gasteiger partial charge < -0.3 is 15.2 Å². The Morgan fingerprint density at radius 2 is 1.54 bits per heavy atom. The lowest BCUT2D eigenvalue weighted by atomic mass is 9.83. The molecule has 1 saturated heterocycles. The van der Waals surface area contributed by atoms with Crippen LogP contribution in [0.4, 0.5) is 0 Å². The van der Waals surface area contributed by atoms with Crippen LogP contribution >= 0.6 is 0 Å². The third-order valence-corrected chi connectivity index (χ3v) is 5.90. The van der Waals surface area contributed by atoms with E-state index in [4.69, 9.17) is 4.74 Å². The molecule has 0 atom stereocenters. The SMILES string of the molecule is CC(C)(OC(=O)C1(O)c2ccccc2-c2ccccc21)C1CCNCC1. The van der Waals surface area contributed by atoms with E-state index in [9.17, 15) is 9.90 Å². The standard InChI is InChI=1S/C22H25NO3/c1-21(2,15-11-13-23-14-12-15)26-20(24)22(25)18-9-5-3-7-16(18)17-8-4-6-10-19(17)22/h3-10,15,23,25H,11-14H2,1-2H3. The second-order valence-electron chi connectivity index (χ2n) is 7.82. The van der Waals surface area contributed by atoms with Crippen molar-refractivity contribution < 1.29 is 14.6 Å². The molecule has 0 spiro atoms. The molecule has 2 aliphatic rings. The van der Waals surface area contributed by atoms with E-state index in [0.717, 1.165) is 37.1 Å². The highest BCUT2D eigenvalue weighted by Crippen LogP contribution is 2.48. The van der Waals surface area contributed by atoms with Crippen molar-refractivity contribution in [3.05, 3.63) is 59.7 Å². The summed E-state index contributed by atoms with van der Waals surface area (Å²) in [7, 11) is 0. The van der Waals surface area contributed by atoms with Crippen LogP contribution in [-0.4, -0.2) is 29.8 Å². The summed E-state index contributed by atoms with van der Waals surface area (Å²) in [5.74, 6) is -0.304. The van der Waals surface area contributed by atoms with Gasteiger partial charge in [-0.2, -0.15) is 0 Å². The number of hydrogen-bond donors (Lipinski definition) is 2. The fourth-order valence-corrected chi connectivity index (χ4v) is 4.35. The molecule has 1 aliphatic heterocycles. The maximum absolute atomic E-state index is 13.3. The number of ether oxygens (including phenoxy) is 1.